The van der Waals surface area contributed by atoms with Crippen LogP contribution in [-0.2, 0) is 0 Å². The molecule has 0 aliphatic rings. The zero-order valence-electron chi connectivity index (χ0n) is 9.52. The summed E-state index contributed by atoms with van der Waals surface area (Å²) in [4.78, 5) is 0. The normalized spacial score (nSPS) is 12.2. The van der Waals surface area contributed by atoms with Crippen LogP contribution < -0.4 is 0 Å². The van der Waals surface area contributed by atoms with Gasteiger partial charge in [-0.1, -0.05) is 25.0 Å². The molecule has 1 aromatic rings. The molecule has 0 amide bonds. The molecule has 0 saturated carbocycles. The van der Waals surface area contributed by atoms with Gasteiger partial charge in [-0.05, 0) is 49.4 Å². The molecular formula is C14H18. The first-order chi connectivity index (χ1) is 6.60. The van der Waals surface area contributed by atoms with E-state index in [0.29, 0.717) is 0 Å². The molecule has 1 unspecified atom stereocenters. The minimum absolute atomic E-state index is 0.271. The van der Waals surface area contributed by atoms with E-state index in [-0.39, 0.29) is 5.92 Å². The van der Waals surface area contributed by atoms with Gasteiger partial charge >= 0.3 is 0 Å². The fourth-order valence-corrected chi connectivity index (χ4v) is 1.72. The number of benzene rings is 1. The molecule has 0 bridgehead atoms. The third-order valence-electron chi connectivity index (χ3n) is 2.96. The second-order valence-electron chi connectivity index (χ2n) is 3.91. The van der Waals surface area contributed by atoms with Crippen molar-refractivity contribution in [3.63, 3.8) is 0 Å². The van der Waals surface area contributed by atoms with Crippen molar-refractivity contribution >= 4 is 0 Å². The fraction of sp³-hybridized carbons (Fsp3) is 0.429. The minimum atomic E-state index is 0.271. The van der Waals surface area contributed by atoms with Crippen LogP contribution in [0.4, 0.5) is 0 Å². The molecule has 74 valence electrons. The summed E-state index contributed by atoms with van der Waals surface area (Å²) in [5, 5.41) is 0. The monoisotopic (exact) mass is 186 g/mol. The van der Waals surface area contributed by atoms with Crippen molar-refractivity contribution in [1.29, 1.82) is 0 Å². The molecule has 0 nitrogen and oxygen atoms in total. The molecule has 0 aliphatic carbocycles. The Bertz CT molecular complexity index is 343. The summed E-state index contributed by atoms with van der Waals surface area (Å²) >= 11 is 0. The van der Waals surface area contributed by atoms with Gasteiger partial charge in [0.2, 0.25) is 0 Å². The standard InChI is InChI=1S/C14H18/c1-6-13(7-2)14-8-10(3)12(5)11(4)9-14/h1,8-9,13H,7H2,2-5H3. The summed E-state index contributed by atoms with van der Waals surface area (Å²) < 4.78 is 0. The molecule has 1 rings (SSSR count). The van der Waals surface area contributed by atoms with Gasteiger partial charge < -0.3 is 0 Å². The van der Waals surface area contributed by atoms with Gasteiger partial charge in [-0.2, -0.15) is 0 Å². The van der Waals surface area contributed by atoms with Crippen LogP contribution in [-0.4, -0.2) is 0 Å². The van der Waals surface area contributed by atoms with E-state index in [1.165, 1.54) is 22.3 Å². The summed E-state index contributed by atoms with van der Waals surface area (Å²) in [7, 11) is 0. The third-order valence-corrected chi connectivity index (χ3v) is 2.96. The molecule has 0 aromatic heterocycles. The summed E-state index contributed by atoms with van der Waals surface area (Å²) in [5.74, 6) is 3.11. The second-order valence-corrected chi connectivity index (χ2v) is 3.91. The lowest BCUT2D eigenvalue weighted by Crippen LogP contribution is -1.97. The molecule has 0 heteroatoms. The highest BCUT2D eigenvalue weighted by Gasteiger charge is 2.08. The van der Waals surface area contributed by atoms with Crippen LogP contribution in [0.25, 0.3) is 0 Å². The van der Waals surface area contributed by atoms with E-state index in [1.807, 2.05) is 0 Å². The number of terminal acetylenes is 1. The largest absolute Gasteiger partial charge is 0.119 e. The highest BCUT2D eigenvalue weighted by Crippen LogP contribution is 2.23. The van der Waals surface area contributed by atoms with Crippen molar-refractivity contribution in [2.45, 2.75) is 40.0 Å². The summed E-state index contributed by atoms with van der Waals surface area (Å²) in [5.41, 5.74) is 5.35. The van der Waals surface area contributed by atoms with E-state index in [9.17, 15) is 0 Å². The van der Waals surface area contributed by atoms with Crippen LogP contribution in [0.2, 0.25) is 0 Å². The zero-order chi connectivity index (χ0) is 10.7. The molecule has 1 aromatic carbocycles. The lowest BCUT2D eigenvalue weighted by atomic mass is 9.92. The predicted molar refractivity (Wildman–Crippen MR) is 62.5 cm³/mol. The highest BCUT2D eigenvalue weighted by atomic mass is 14.1. The first-order valence-electron chi connectivity index (χ1n) is 5.14. The lowest BCUT2D eigenvalue weighted by Gasteiger charge is -2.13. The van der Waals surface area contributed by atoms with E-state index in [0.717, 1.165) is 6.42 Å². The maximum absolute atomic E-state index is 5.50. The van der Waals surface area contributed by atoms with Gasteiger partial charge in [-0.3, -0.25) is 0 Å². The smallest absolute Gasteiger partial charge is 0.0447 e. The van der Waals surface area contributed by atoms with Crippen LogP contribution in [0.1, 0.15) is 41.5 Å². The van der Waals surface area contributed by atoms with E-state index in [1.54, 1.807) is 0 Å². The first kappa shape index (κ1) is 10.9. The Kier molecular flexibility index (Phi) is 3.36. The maximum atomic E-state index is 5.50. The van der Waals surface area contributed by atoms with Crippen molar-refractivity contribution in [2.75, 3.05) is 0 Å². The number of hydrogen-bond donors (Lipinski definition) is 0. The summed E-state index contributed by atoms with van der Waals surface area (Å²) in [6.07, 6.45) is 6.52. The molecule has 14 heavy (non-hydrogen) atoms. The quantitative estimate of drug-likeness (QED) is 0.617. The molecule has 0 aliphatic heterocycles. The first-order valence-corrected chi connectivity index (χ1v) is 5.14. The van der Waals surface area contributed by atoms with Gasteiger partial charge in [0.15, 0.2) is 0 Å². The Morgan fingerprint density at radius 3 is 2.07 bits per heavy atom. The van der Waals surface area contributed by atoms with Crippen LogP contribution in [0.3, 0.4) is 0 Å². The molecule has 1 atom stereocenters. The van der Waals surface area contributed by atoms with Gasteiger partial charge in [0, 0.05) is 5.92 Å². The second kappa shape index (κ2) is 4.33. The minimum Gasteiger partial charge on any atom is -0.119 e. The Hall–Kier alpha value is -1.22. The third kappa shape index (κ3) is 1.99. The number of hydrogen-bond acceptors (Lipinski definition) is 0. The van der Waals surface area contributed by atoms with Crippen LogP contribution in [0, 0.1) is 33.1 Å². The summed E-state index contributed by atoms with van der Waals surface area (Å²) in [6.45, 7) is 8.59. The average Bonchev–Trinajstić information content (AvgIpc) is 2.16. The van der Waals surface area contributed by atoms with Crippen molar-refractivity contribution < 1.29 is 0 Å². The molecule has 0 N–H and O–H groups in total. The van der Waals surface area contributed by atoms with Gasteiger partial charge in [0.25, 0.3) is 0 Å². The Morgan fingerprint density at radius 2 is 1.71 bits per heavy atom. The average molecular weight is 186 g/mol. The van der Waals surface area contributed by atoms with E-state index in [4.69, 9.17) is 6.42 Å². The molecule has 0 saturated heterocycles. The van der Waals surface area contributed by atoms with Gasteiger partial charge in [0.05, 0.1) is 0 Å². The maximum Gasteiger partial charge on any atom is 0.0447 e. The Morgan fingerprint density at radius 1 is 1.21 bits per heavy atom. The van der Waals surface area contributed by atoms with E-state index in [2.05, 4.69) is 45.7 Å². The van der Waals surface area contributed by atoms with Crippen molar-refractivity contribution in [3.05, 3.63) is 34.4 Å². The van der Waals surface area contributed by atoms with Crippen LogP contribution >= 0.6 is 0 Å². The van der Waals surface area contributed by atoms with E-state index >= 15 is 0 Å². The van der Waals surface area contributed by atoms with Gasteiger partial charge in [-0.15, -0.1) is 6.42 Å². The molecule has 0 heterocycles. The molecular weight excluding hydrogens is 168 g/mol. The van der Waals surface area contributed by atoms with Crippen molar-refractivity contribution in [1.82, 2.24) is 0 Å². The predicted octanol–water partition coefficient (Wildman–Crippen LogP) is 3.74. The van der Waals surface area contributed by atoms with Crippen LogP contribution in [0.5, 0.6) is 0 Å². The molecule has 0 spiro atoms. The zero-order valence-corrected chi connectivity index (χ0v) is 9.52. The van der Waals surface area contributed by atoms with E-state index < -0.39 is 0 Å². The Balaban J connectivity index is 3.19. The fourth-order valence-electron chi connectivity index (χ4n) is 1.72. The topological polar surface area (TPSA) is 0 Å². The summed E-state index contributed by atoms with van der Waals surface area (Å²) in [6, 6.07) is 4.44. The number of aryl methyl sites for hydroxylation is 2. The van der Waals surface area contributed by atoms with Crippen molar-refractivity contribution in [3.8, 4) is 12.3 Å². The van der Waals surface area contributed by atoms with Gasteiger partial charge in [0.1, 0.15) is 0 Å². The van der Waals surface area contributed by atoms with Crippen LogP contribution in [0.15, 0.2) is 12.1 Å². The molecule has 0 fully saturated rings. The Labute approximate surface area is 87.4 Å². The molecule has 0 radical (unpaired) electrons. The van der Waals surface area contributed by atoms with Gasteiger partial charge in [-0.25, -0.2) is 0 Å². The SMILES string of the molecule is C#CC(CC)c1cc(C)c(C)c(C)c1. The highest BCUT2D eigenvalue weighted by molar-refractivity contribution is 5.40. The number of rotatable bonds is 2. The van der Waals surface area contributed by atoms with Crippen molar-refractivity contribution in [2.24, 2.45) is 0 Å². The lowest BCUT2D eigenvalue weighted by molar-refractivity contribution is 0.827.